The Bertz CT molecular complexity index is 497. The van der Waals surface area contributed by atoms with Crippen LogP contribution in [0.25, 0.3) is 0 Å². The molecular formula is C12H16BrNO3S. The zero-order valence-corrected chi connectivity index (χ0v) is 12.6. The fraction of sp³-hybridized carbons (Fsp3) is 0.417. The van der Waals surface area contributed by atoms with Gasteiger partial charge in [0.15, 0.2) is 9.84 Å². The first-order chi connectivity index (χ1) is 8.48. The SMILES string of the molecule is CCS(=O)(=O)CCNC(=O)c1ccc(CBr)cc1. The molecule has 0 fully saturated rings. The van der Waals surface area contributed by atoms with Crippen molar-refractivity contribution in [2.24, 2.45) is 0 Å². The second-order valence-electron chi connectivity index (χ2n) is 3.82. The Kier molecular flexibility index (Phi) is 5.81. The monoisotopic (exact) mass is 333 g/mol. The molecule has 0 radical (unpaired) electrons. The van der Waals surface area contributed by atoms with E-state index in [4.69, 9.17) is 0 Å². The van der Waals surface area contributed by atoms with E-state index < -0.39 is 9.84 Å². The van der Waals surface area contributed by atoms with Crippen LogP contribution >= 0.6 is 15.9 Å². The maximum atomic E-state index is 11.7. The molecule has 0 atom stereocenters. The number of carbonyl (C=O) groups is 1. The highest BCUT2D eigenvalue weighted by Gasteiger charge is 2.09. The number of benzene rings is 1. The zero-order chi connectivity index (χ0) is 13.6. The van der Waals surface area contributed by atoms with Gasteiger partial charge in [-0.15, -0.1) is 0 Å². The van der Waals surface area contributed by atoms with Crippen LogP contribution in [0.15, 0.2) is 24.3 Å². The standard InChI is InChI=1S/C12H16BrNO3S/c1-2-18(16,17)8-7-14-12(15)11-5-3-10(9-13)4-6-11/h3-6H,2,7-9H2,1H3,(H,14,15). The zero-order valence-electron chi connectivity index (χ0n) is 10.1. The third-order valence-corrected chi connectivity index (χ3v) is 4.86. The summed E-state index contributed by atoms with van der Waals surface area (Å²) in [7, 11) is -3.03. The number of hydrogen-bond acceptors (Lipinski definition) is 3. The van der Waals surface area contributed by atoms with Crippen molar-refractivity contribution in [2.75, 3.05) is 18.1 Å². The third kappa shape index (κ3) is 4.78. The molecule has 0 spiro atoms. The molecule has 0 bridgehead atoms. The number of rotatable bonds is 6. The molecule has 1 aromatic rings. The normalized spacial score (nSPS) is 11.2. The van der Waals surface area contributed by atoms with Gasteiger partial charge < -0.3 is 5.32 Å². The molecular weight excluding hydrogens is 318 g/mol. The fourth-order valence-electron chi connectivity index (χ4n) is 1.31. The molecule has 0 aliphatic carbocycles. The van der Waals surface area contributed by atoms with Crippen LogP contribution in [0.4, 0.5) is 0 Å². The van der Waals surface area contributed by atoms with E-state index in [0.717, 1.165) is 10.9 Å². The van der Waals surface area contributed by atoms with Gasteiger partial charge in [-0.2, -0.15) is 0 Å². The molecule has 1 aromatic carbocycles. The highest BCUT2D eigenvalue weighted by Crippen LogP contribution is 2.07. The van der Waals surface area contributed by atoms with E-state index >= 15 is 0 Å². The second-order valence-corrected chi connectivity index (χ2v) is 6.86. The van der Waals surface area contributed by atoms with Crippen LogP contribution in [0.5, 0.6) is 0 Å². The molecule has 4 nitrogen and oxygen atoms in total. The predicted octanol–water partition coefficient (Wildman–Crippen LogP) is 1.75. The van der Waals surface area contributed by atoms with E-state index in [0.29, 0.717) is 5.56 Å². The second kappa shape index (κ2) is 6.89. The summed E-state index contributed by atoms with van der Waals surface area (Å²) in [5, 5.41) is 3.34. The molecule has 0 aromatic heterocycles. The van der Waals surface area contributed by atoms with Crippen LogP contribution in [-0.4, -0.2) is 32.4 Å². The van der Waals surface area contributed by atoms with Gasteiger partial charge in [-0.3, -0.25) is 4.79 Å². The summed E-state index contributed by atoms with van der Waals surface area (Å²) in [5.41, 5.74) is 1.62. The summed E-state index contributed by atoms with van der Waals surface area (Å²) in [6.45, 7) is 1.74. The quantitative estimate of drug-likeness (QED) is 0.806. The maximum Gasteiger partial charge on any atom is 0.251 e. The summed E-state index contributed by atoms with van der Waals surface area (Å²) >= 11 is 3.32. The largest absolute Gasteiger partial charge is 0.351 e. The molecule has 6 heteroatoms. The summed E-state index contributed by atoms with van der Waals surface area (Å²) < 4.78 is 22.5. The smallest absolute Gasteiger partial charge is 0.251 e. The van der Waals surface area contributed by atoms with E-state index in [1.54, 1.807) is 19.1 Å². The van der Waals surface area contributed by atoms with Gasteiger partial charge in [0.1, 0.15) is 0 Å². The minimum absolute atomic E-state index is 0.0191. The number of halogens is 1. The van der Waals surface area contributed by atoms with E-state index in [1.807, 2.05) is 12.1 Å². The topological polar surface area (TPSA) is 63.2 Å². The first-order valence-corrected chi connectivity index (χ1v) is 8.56. The minimum atomic E-state index is -3.03. The van der Waals surface area contributed by atoms with Gasteiger partial charge in [0.2, 0.25) is 0 Å². The van der Waals surface area contributed by atoms with Gasteiger partial charge >= 0.3 is 0 Å². The van der Waals surface area contributed by atoms with Gasteiger partial charge in [0, 0.05) is 23.2 Å². The summed E-state index contributed by atoms with van der Waals surface area (Å²) in [6, 6.07) is 7.15. The van der Waals surface area contributed by atoms with E-state index in [-0.39, 0.29) is 24.0 Å². The molecule has 1 amide bonds. The average Bonchev–Trinajstić information content (AvgIpc) is 2.38. The van der Waals surface area contributed by atoms with Crippen molar-refractivity contribution >= 4 is 31.7 Å². The Balaban J connectivity index is 2.50. The van der Waals surface area contributed by atoms with Gasteiger partial charge in [-0.05, 0) is 17.7 Å². The molecule has 1 rings (SSSR count). The Morgan fingerprint density at radius 3 is 2.39 bits per heavy atom. The Labute approximate surface area is 116 Å². The van der Waals surface area contributed by atoms with E-state index in [1.165, 1.54) is 0 Å². The molecule has 0 saturated heterocycles. The van der Waals surface area contributed by atoms with Crippen molar-refractivity contribution in [3.05, 3.63) is 35.4 Å². The molecule has 0 aliphatic rings. The van der Waals surface area contributed by atoms with Gasteiger partial charge in [-0.25, -0.2) is 8.42 Å². The van der Waals surface area contributed by atoms with Crippen molar-refractivity contribution in [2.45, 2.75) is 12.3 Å². The fourth-order valence-corrected chi connectivity index (χ4v) is 2.39. The lowest BCUT2D eigenvalue weighted by Crippen LogP contribution is -2.29. The molecule has 1 N–H and O–H groups in total. The summed E-state index contributed by atoms with van der Waals surface area (Å²) in [4.78, 5) is 11.7. The highest BCUT2D eigenvalue weighted by molar-refractivity contribution is 9.08. The number of carbonyl (C=O) groups excluding carboxylic acids is 1. The summed E-state index contributed by atoms with van der Waals surface area (Å²) in [5.74, 6) is -0.167. The van der Waals surface area contributed by atoms with Crippen LogP contribution in [0.2, 0.25) is 0 Å². The van der Waals surface area contributed by atoms with Crippen molar-refractivity contribution in [3.63, 3.8) is 0 Å². The van der Waals surface area contributed by atoms with Crippen LogP contribution in [0, 0.1) is 0 Å². The highest BCUT2D eigenvalue weighted by atomic mass is 79.9. The van der Waals surface area contributed by atoms with E-state index in [2.05, 4.69) is 21.2 Å². The first kappa shape index (κ1) is 15.2. The lowest BCUT2D eigenvalue weighted by molar-refractivity contribution is 0.0956. The number of nitrogens with one attached hydrogen (secondary N) is 1. The molecule has 0 unspecified atom stereocenters. The van der Waals surface area contributed by atoms with Gasteiger partial charge in [-0.1, -0.05) is 35.0 Å². The number of amides is 1. The molecule has 100 valence electrons. The van der Waals surface area contributed by atoms with Crippen LogP contribution < -0.4 is 5.32 Å². The number of sulfone groups is 1. The van der Waals surface area contributed by atoms with Crippen molar-refractivity contribution in [3.8, 4) is 0 Å². The predicted molar refractivity (Wildman–Crippen MR) is 75.7 cm³/mol. The molecule has 18 heavy (non-hydrogen) atoms. The van der Waals surface area contributed by atoms with Crippen LogP contribution in [0.1, 0.15) is 22.8 Å². The average molecular weight is 334 g/mol. The third-order valence-electron chi connectivity index (χ3n) is 2.51. The number of hydrogen-bond donors (Lipinski definition) is 1. The Hall–Kier alpha value is -0.880. The minimum Gasteiger partial charge on any atom is -0.351 e. The number of alkyl halides is 1. The Morgan fingerprint density at radius 2 is 1.89 bits per heavy atom. The first-order valence-electron chi connectivity index (χ1n) is 5.62. The van der Waals surface area contributed by atoms with Crippen LogP contribution in [-0.2, 0) is 15.2 Å². The van der Waals surface area contributed by atoms with E-state index in [9.17, 15) is 13.2 Å². The molecule has 0 saturated carbocycles. The van der Waals surface area contributed by atoms with Gasteiger partial charge in [0.05, 0.1) is 5.75 Å². The lowest BCUT2D eigenvalue weighted by Gasteiger charge is -2.05. The maximum absolute atomic E-state index is 11.7. The molecule has 0 aliphatic heterocycles. The summed E-state index contributed by atoms with van der Waals surface area (Å²) in [6.07, 6.45) is 0. The molecule has 0 heterocycles. The van der Waals surface area contributed by atoms with Crippen molar-refractivity contribution in [1.29, 1.82) is 0 Å². The van der Waals surface area contributed by atoms with Crippen molar-refractivity contribution in [1.82, 2.24) is 5.32 Å². The van der Waals surface area contributed by atoms with Crippen LogP contribution in [0.3, 0.4) is 0 Å². The Morgan fingerprint density at radius 1 is 1.28 bits per heavy atom. The van der Waals surface area contributed by atoms with Gasteiger partial charge in [0.25, 0.3) is 5.91 Å². The lowest BCUT2D eigenvalue weighted by atomic mass is 10.1. The van der Waals surface area contributed by atoms with Crippen molar-refractivity contribution < 1.29 is 13.2 Å².